The predicted molar refractivity (Wildman–Crippen MR) is 76.7 cm³/mol. The largest absolute Gasteiger partial charge is 0.462 e. The van der Waals surface area contributed by atoms with Gasteiger partial charge >= 0.3 is 5.97 Å². The fraction of sp³-hybridized carbons (Fsp3) is 0.462. The van der Waals surface area contributed by atoms with Crippen molar-refractivity contribution < 1.29 is 9.53 Å². The fourth-order valence-electron chi connectivity index (χ4n) is 2.19. The molecule has 4 nitrogen and oxygen atoms in total. The zero-order valence-corrected chi connectivity index (χ0v) is 12.6. The summed E-state index contributed by atoms with van der Waals surface area (Å²) in [4.78, 5) is 22.6. The van der Waals surface area contributed by atoms with Gasteiger partial charge in [0.05, 0.1) is 0 Å². The third-order valence-electron chi connectivity index (χ3n) is 3.31. The van der Waals surface area contributed by atoms with E-state index in [1.807, 2.05) is 6.92 Å². The zero-order valence-electron chi connectivity index (χ0n) is 11.0. The maximum atomic E-state index is 11.7. The molecular weight excluding hydrogens is 280 g/mol. The number of esters is 1. The number of carbonyl (C=O) groups excluding carboxylic acids is 1. The Kier molecular flexibility index (Phi) is 3.22. The fourth-order valence-corrected chi connectivity index (χ4v) is 4.52. The lowest BCUT2D eigenvalue weighted by molar-refractivity contribution is -0.140. The summed E-state index contributed by atoms with van der Waals surface area (Å²) in [5.41, 5.74) is 1.21. The highest BCUT2D eigenvalue weighted by molar-refractivity contribution is 8.00. The van der Waals surface area contributed by atoms with Gasteiger partial charge in [-0.05, 0) is 26.3 Å². The summed E-state index contributed by atoms with van der Waals surface area (Å²) in [7, 11) is 0. The number of carbonyl (C=O) groups is 1. The van der Waals surface area contributed by atoms with Gasteiger partial charge in [-0.25, -0.2) is 9.97 Å². The Morgan fingerprint density at radius 2 is 2.21 bits per heavy atom. The summed E-state index contributed by atoms with van der Waals surface area (Å²) in [6, 6.07) is 0. The third-order valence-corrected chi connectivity index (χ3v) is 5.63. The van der Waals surface area contributed by atoms with Gasteiger partial charge in [0.25, 0.3) is 0 Å². The standard InChI is InChI=1S/C13H14N2O2S2/c1-6-4-9(13(16)17-6)19-12-10-7(2)8(3)18-11(10)14-5-15-12/h5-6,9H,4H2,1-3H3/t6-,9+/m1/s1. The van der Waals surface area contributed by atoms with Crippen LogP contribution in [0.3, 0.4) is 0 Å². The second kappa shape index (κ2) is 4.76. The van der Waals surface area contributed by atoms with E-state index in [-0.39, 0.29) is 17.3 Å². The van der Waals surface area contributed by atoms with Gasteiger partial charge < -0.3 is 4.74 Å². The molecule has 0 N–H and O–H groups in total. The van der Waals surface area contributed by atoms with Gasteiger partial charge in [-0.3, -0.25) is 4.79 Å². The minimum atomic E-state index is -0.146. The van der Waals surface area contributed by atoms with Crippen molar-refractivity contribution in [2.45, 2.75) is 43.6 Å². The molecule has 2 aromatic heterocycles. The normalized spacial score (nSPS) is 23.0. The van der Waals surface area contributed by atoms with E-state index in [1.165, 1.54) is 22.2 Å². The van der Waals surface area contributed by atoms with Crippen molar-refractivity contribution in [3.63, 3.8) is 0 Å². The highest BCUT2D eigenvalue weighted by Crippen LogP contribution is 2.38. The molecule has 1 saturated heterocycles. The number of fused-ring (bicyclic) bond motifs is 1. The van der Waals surface area contributed by atoms with E-state index >= 15 is 0 Å². The van der Waals surface area contributed by atoms with Gasteiger partial charge in [-0.2, -0.15) is 0 Å². The molecule has 1 fully saturated rings. The number of ether oxygens (including phenoxy) is 1. The van der Waals surface area contributed by atoms with Crippen LogP contribution in [0, 0.1) is 13.8 Å². The topological polar surface area (TPSA) is 52.1 Å². The van der Waals surface area contributed by atoms with E-state index in [4.69, 9.17) is 4.74 Å². The molecule has 0 unspecified atom stereocenters. The molecule has 0 aliphatic carbocycles. The number of nitrogens with zero attached hydrogens (tertiary/aromatic N) is 2. The maximum Gasteiger partial charge on any atom is 0.319 e. The van der Waals surface area contributed by atoms with E-state index in [1.54, 1.807) is 17.7 Å². The molecule has 3 heterocycles. The van der Waals surface area contributed by atoms with Crippen molar-refractivity contribution in [2.75, 3.05) is 0 Å². The molecule has 1 aliphatic heterocycles. The summed E-state index contributed by atoms with van der Waals surface area (Å²) in [6.45, 7) is 6.09. The first-order valence-corrected chi connectivity index (χ1v) is 7.83. The third kappa shape index (κ3) is 2.23. The van der Waals surface area contributed by atoms with Crippen molar-refractivity contribution in [3.05, 3.63) is 16.8 Å². The molecule has 0 saturated carbocycles. The van der Waals surface area contributed by atoms with Crippen molar-refractivity contribution in [3.8, 4) is 0 Å². The van der Waals surface area contributed by atoms with Gasteiger partial charge in [0.1, 0.15) is 27.5 Å². The lowest BCUT2D eigenvalue weighted by Crippen LogP contribution is -2.09. The minimum absolute atomic E-state index is 0.00707. The molecule has 3 rings (SSSR count). The average Bonchev–Trinajstić information content (AvgIpc) is 2.81. The van der Waals surface area contributed by atoms with Gasteiger partial charge in [-0.15, -0.1) is 11.3 Å². The lowest BCUT2D eigenvalue weighted by Gasteiger charge is -2.06. The summed E-state index contributed by atoms with van der Waals surface area (Å²) < 4.78 is 5.19. The average molecular weight is 294 g/mol. The Morgan fingerprint density at radius 1 is 1.42 bits per heavy atom. The van der Waals surface area contributed by atoms with E-state index in [0.717, 1.165) is 21.7 Å². The molecule has 1 aliphatic rings. The lowest BCUT2D eigenvalue weighted by atomic mass is 10.2. The van der Waals surface area contributed by atoms with Crippen molar-refractivity contribution >= 4 is 39.3 Å². The van der Waals surface area contributed by atoms with Crippen LogP contribution in [0.1, 0.15) is 23.8 Å². The number of thioether (sulfide) groups is 1. The predicted octanol–water partition coefficient (Wildman–Crippen LogP) is 3.10. The Bertz CT molecular complexity index is 653. The Labute approximate surface area is 119 Å². The van der Waals surface area contributed by atoms with Crippen LogP contribution < -0.4 is 0 Å². The molecule has 0 bridgehead atoms. The Hall–Kier alpha value is -1.14. The van der Waals surface area contributed by atoms with Crippen molar-refractivity contribution in [1.82, 2.24) is 9.97 Å². The number of cyclic esters (lactones) is 1. The second-order valence-corrected chi connectivity index (χ2v) is 7.13. The van der Waals surface area contributed by atoms with Crippen LogP contribution in [0.2, 0.25) is 0 Å². The van der Waals surface area contributed by atoms with E-state index < -0.39 is 0 Å². The van der Waals surface area contributed by atoms with E-state index in [0.29, 0.717) is 0 Å². The summed E-state index contributed by atoms with van der Waals surface area (Å²) in [5, 5.41) is 1.83. The molecule has 19 heavy (non-hydrogen) atoms. The summed E-state index contributed by atoms with van der Waals surface area (Å²) >= 11 is 3.17. The Balaban J connectivity index is 1.99. The van der Waals surface area contributed by atoms with Gasteiger partial charge in [0, 0.05) is 16.7 Å². The molecule has 6 heteroatoms. The summed E-state index contributed by atoms with van der Waals surface area (Å²) in [5.74, 6) is -0.131. The first kappa shape index (κ1) is 12.9. The quantitative estimate of drug-likeness (QED) is 0.629. The maximum absolute atomic E-state index is 11.7. The van der Waals surface area contributed by atoms with Crippen molar-refractivity contribution in [2.24, 2.45) is 0 Å². The number of hydrogen-bond acceptors (Lipinski definition) is 6. The molecule has 0 amide bonds. The highest BCUT2D eigenvalue weighted by atomic mass is 32.2. The molecule has 0 radical (unpaired) electrons. The molecular formula is C13H14N2O2S2. The molecule has 0 aromatic carbocycles. The number of aryl methyl sites for hydroxylation is 2. The van der Waals surface area contributed by atoms with Gasteiger partial charge in [-0.1, -0.05) is 11.8 Å². The molecule has 0 spiro atoms. The van der Waals surface area contributed by atoms with Gasteiger partial charge in [0.2, 0.25) is 0 Å². The van der Waals surface area contributed by atoms with Crippen LogP contribution in [0.15, 0.2) is 11.4 Å². The Morgan fingerprint density at radius 3 is 2.89 bits per heavy atom. The van der Waals surface area contributed by atoms with Gasteiger partial charge in [0.15, 0.2) is 0 Å². The monoisotopic (exact) mass is 294 g/mol. The second-order valence-electron chi connectivity index (χ2n) is 4.73. The molecule has 100 valence electrons. The van der Waals surface area contributed by atoms with E-state index in [9.17, 15) is 4.79 Å². The first-order valence-electron chi connectivity index (χ1n) is 6.14. The number of rotatable bonds is 2. The SMILES string of the molecule is Cc1sc2ncnc(S[C@H]3C[C@@H](C)OC3=O)c2c1C. The van der Waals surface area contributed by atoms with Crippen LogP contribution in [-0.4, -0.2) is 27.3 Å². The summed E-state index contributed by atoms with van der Waals surface area (Å²) in [6.07, 6.45) is 2.33. The van der Waals surface area contributed by atoms with Crippen LogP contribution in [-0.2, 0) is 9.53 Å². The molecule has 2 atom stereocenters. The van der Waals surface area contributed by atoms with Crippen LogP contribution in [0.4, 0.5) is 0 Å². The smallest absolute Gasteiger partial charge is 0.319 e. The van der Waals surface area contributed by atoms with Crippen molar-refractivity contribution in [1.29, 1.82) is 0 Å². The van der Waals surface area contributed by atoms with E-state index in [2.05, 4.69) is 23.8 Å². The highest BCUT2D eigenvalue weighted by Gasteiger charge is 2.33. The zero-order chi connectivity index (χ0) is 13.6. The van der Waals surface area contributed by atoms with Crippen LogP contribution in [0.25, 0.3) is 10.2 Å². The minimum Gasteiger partial charge on any atom is -0.462 e. The van der Waals surface area contributed by atoms with Crippen LogP contribution >= 0.6 is 23.1 Å². The number of hydrogen-bond donors (Lipinski definition) is 0. The number of aromatic nitrogens is 2. The molecule has 2 aromatic rings. The number of thiophene rings is 1. The first-order chi connectivity index (χ1) is 9.06. The van der Waals surface area contributed by atoms with Crippen LogP contribution in [0.5, 0.6) is 0 Å².